The zero-order valence-electron chi connectivity index (χ0n) is 6.96. The van der Waals surface area contributed by atoms with Gasteiger partial charge in [-0.3, -0.25) is 4.99 Å². The molecule has 0 saturated heterocycles. The van der Waals surface area contributed by atoms with Crippen LogP contribution >= 0.6 is 0 Å². The molecule has 2 heteroatoms. The lowest BCUT2D eigenvalue weighted by molar-refractivity contribution is -0.413. The maximum Gasteiger partial charge on any atom is 0.161 e. The Morgan fingerprint density at radius 2 is 2.36 bits per heavy atom. The number of allylic oxidation sites excluding steroid dienone is 4. The Labute approximate surface area is 67.6 Å². The highest BCUT2D eigenvalue weighted by Crippen LogP contribution is 2.00. The van der Waals surface area contributed by atoms with Crippen LogP contribution in [0.25, 0.3) is 0 Å². The van der Waals surface area contributed by atoms with Crippen molar-refractivity contribution in [2.75, 3.05) is 7.05 Å². The van der Waals surface area contributed by atoms with Crippen molar-refractivity contribution in [2.45, 2.75) is 13.3 Å². The van der Waals surface area contributed by atoms with Gasteiger partial charge in [-0.1, -0.05) is 12.2 Å². The van der Waals surface area contributed by atoms with Crippen LogP contribution in [0.3, 0.4) is 0 Å². The lowest BCUT2D eigenvalue weighted by Crippen LogP contribution is -2.62. The fourth-order valence-corrected chi connectivity index (χ4v) is 0.616. The molecule has 0 spiro atoms. The molecule has 1 N–H and O–H groups in total. The zero-order valence-corrected chi connectivity index (χ0v) is 6.96. The topological polar surface area (TPSA) is 37.8 Å². The van der Waals surface area contributed by atoms with Gasteiger partial charge in [0.05, 0.1) is 12.5 Å². The average Bonchev–Trinajstić information content (AvgIpc) is 2.03. The van der Waals surface area contributed by atoms with Crippen molar-refractivity contribution in [3.05, 3.63) is 23.8 Å². The van der Waals surface area contributed by atoms with E-state index in [2.05, 4.69) is 11.1 Å². The first kappa shape index (κ1) is 9.64. The number of nitrogens with one attached hydrogen (secondary N) is 1. The monoisotopic (exact) mass is 149 g/mol. The van der Waals surface area contributed by atoms with Crippen LogP contribution in [0.15, 0.2) is 23.8 Å². The molecule has 0 radical (unpaired) electrons. The summed E-state index contributed by atoms with van der Waals surface area (Å²) in [6.07, 6.45) is 8.03. The minimum atomic E-state index is 0.477. The van der Waals surface area contributed by atoms with Crippen LogP contribution in [0.5, 0.6) is 0 Å². The zero-order chi connectivity index (χ0) is 8.53. The Balaban J connectivity index is 4.01. The van der Waals surface area contributed by atoms with Gasteiger partial charge in [0, 0.05) is 6.08 Å². The highest BCUT2D eigenvalue weighted by molar-refractivity contribution is 5.66. The number of rotatable bonds is 3. The summed E-state index contributed by atoms with van der Waals surface area (Å²) in [6.45, 7) is 1.93. The van der Waals surface area contributed by atoms with Crippen LogP contribution in [0.1, 0.15) is 13.3 Å². The first-order chi connectivity index (χ1) is 5.35. The largest absolute Gasteiger partial charge is 0.251 e. The molecule has 0 bridgehead atoms. The summed E-state index contributed by atoms with van der Waals surface area (Å²) in [5.74, 6) is 0. The van der Waals surface area contributed by atoms with E-state index >= 15 is 0 Å². The van der Waals surface area contributed by atoms with E-state index in [-0.39, 0.29) is 0 Å². The molecule has 2 nitrogen and oxygen atoms in total. The van der Waals surface area contributed by atoms with Crippen LogP contribution in [-0.4, -0.2) is 13.3 Å². The van der Waals surface area contributed by atoms with Crippen molar-refractivity contribution in [3.8, 4) is 6.07 Å². The second-order valence-corrected chi connectivity index (χ2v) is 2.01. The Morgan fingerprint density at radius 3 is 2.82 bits per heavy atom. The standard InChI is InChI=1S/C9H12N2/c1-3-9(6-7-10)5-4-8-11-2/h3-5,8H,6H2,1-2H3/p+1/b5-4-,9-3+,11-8?. The molecule has 0 aromatic rings. The van der Waals surface area contributed by atoms with Crippen LogP contribution < -0.4 is 4.99 Å². The summed E-state index contributed by atoms with van der Waals surface area (Å²) < 4.78 is 0. The minimum absolute atomic E-state index is 0.477. The third-order valence-electron chi connectivity index (χ3n) is 1.23. The molecule has 0 heterocycles. The maximum atomic E-state index is 8.37. The van der Waals surface area contributed by atoms with E-state index in [0.29, 0.717) is 6.42 Å². The third kappa shape index (κ3) is 5.10. The van der Waals surface area contributed by atoms with Crippen molar-refractivity contribution in [3.63, 3.8) is 0 Å². The highest BCUT2D eigenvalue weighted by Gasteiger charge is 1.86. The molecule has 0 aliphatic carbocycles. The number of nitriles is 1. The Morgan fingerprint density at radius 1 is 1.64 bits per heavy atom. The molecular weight excluding hydrogens is 136 g/mol. The van der Waals surface area contributed by atoms with Crippen molar-refractivity contribution < 1.29 is 4.99 Å². The fraction of sp³-hybridized carbons (Fsp3) is 0.333. The van der Waals surface area contributed by atoms with Gasteiger partial charge in [0.1, 0.15) is 7.05 Å². The smallest absolute Gasteiger partial charge is 0.161 e. The summed E-state index contributed by atoms with van der Waals surface area (Å²) in [6, 6.07) is 2.09. The summed E-state index contributed by atoms with van der Waals surface area (Å²) >= 11 is 0. The Kier molecular flexibility index (Phi) is 5.92. The highest BCUT2D eigenvalue weighted by atomic mass is 14.6. The quantitative estimate of drug-likeness (QED) is 0.451. The Bertz CT molecular complexity index is 216. The van der Waals surface area contributed by atoms with E-state index in [1.165, 1.54) is 0 Å². The lowest BCUT2D eigenvalue weighted by atomic mass is 10.2. The normalized spacial score (nSPS) is 12.6. The minimum Gasteiger partial charge on any atom is -0.251 e. The second-order valence-electron chi connectivity index (χ2n) is 2.01. The van der Waals surface area contributed by atoms with Crippen molar-refractivity contribution in [1.82, 2.24) is 0 Å². The predicted molar refractivity (Wildman–Crippen MR) is 46.1 cm³/mol. The lowest BCUT2D eigenvalue weighted by Gasteiger charge is -1.87. The van der Waals surface area contributed by atoms with Gasteiger partial charge in [0.2, 0.25) is 0 Å². The van der Waals surface area contributed by atoms with Gasteiger partial charge in [-0.25, -0.2) is 0 Å². The van der Waals surface area contributed by atoms with Gasteiger partial charge in [-0.05, 0) is 12.5 Å². The molecule has 58 valence electrons. The second kappa shape index (κ2) is 6.76. The van der Waals surface area contributed by atoms with Crippen LogP contribution in [0.4, 0.5) is 0 Å². The molecule has 0 saturated carbocycles. The van der Waals surface area contributed by atoms with Crippen LogP contribution in [0, 0.1) is 11.3 Å². The molecule has 0 unspecified atom stereocenters. The van der Waals surface area contributed by atoms with Gasteiger partial charge in [0.25, 0.3) is 0 Å². The van der Waals surface area contributed by atoms with E-state index in [0.717, 1.165) is 5.57 Å². The molecule has 0 rings (SSSR count). The first-order valence-electron chi connectivity index (χ1n) is 3.54. The molecule has 11 heavy (non-hydrogen) atoms. The number of nitrogens with zero attached hydrogens (tertiary/aromatic N) is 1. The fourth-order valence-electron chi connectivity index (χ4n) is 0.616. The predicted octanol–water partition coefficient (Wildman–Crippen LogP) is 0.184. The van der Waals surface area contributed by atoms with Crippen LogP contribution in [0.2, 0.25) is 0 Å². The van der Waals surface area contributed by atoms with Gasteiger partial charge < -0.3 is 0 Å². The van der Waals surface area contributed by atoms with Gasteiger partial charge in [-0.2, -0.15) is 5.26 Å². The van der Waals surface area contributed by atoms with Crippen molar-refractivity contribution >= 4 is 6.21 Å². The summed E-state index contributed by atoms with van der Waals surface area (Å²) in [5, 5.41) is 8.37. The molecule has 0 atom stereocenters. The third-order valence-corrected chi connectivity index (χ3v) is 1.23. The van der Waals surface area contributed by atoms with Crippen molar-refractivity contribution in [2.24, 2.45) is 0 Å². The van der Waals surface area contributed by atoms with E-state index < -0.39 is 0 Å². The maximum absolute atomic E-state index is 8.37. The van der Waals surface area contributed by atoms with Crippen molar-refractivity contribution in [1.29, 1.82) is 5.26 Å². The number of hydrogen-bond acceptors (Lipinski definition) is 1. The molecule has 0 aliphatic heterocycles. The molecule has 0 aromatic heterocycles. The molecule has 0 fully saturated rings. The van der Waals surface area contributed by atoms with E-state index in [4.69, 9.17) is 5.26 Å². The van der Waals surface area contributed by atoms with Gasteiger partial charge in [-0.15, -0.1) is 0 Å². The molecule has 0 amide bonds. The van der Waals surface area contributed by atoms with E-state index in [1.807, 2.05) is 38.4 Å². The SMILES string of the molecule is C/C=C(\C=C/C=[NH+]C)CC#N. The van der Waals surface area contributed by atoms with E-state index in [1.54, 1.807) is 0 Å². The Hall–Kier alpha value is -1.36. The van der Waals surface area contributed by atoms with E-state index in [9.17, 15) is 0 Å². The summed E-state index contributed by atoms with van der Waals surface area (Å²) in [7, 11) is 1.84. The summed E-state index contributed by atoms with van der Waals surface area (Å²) in [4.78, 5) is 2.87. The first-order valence-corrected chi connectivity index (χ1v) is 3.54. The van der Waals surface area contributed by atoms with Gasteiger partial charge in [0.15, 0.2) is 6.21 Å². The molecular formula is C9H13N2+. The summed E-state index contributed by atoms with van der Waals surface area (Å²) in [5.41, 5.74) is 1.04. The average molecular weight is 149 g/mol. The van der Waals surface area contributed by atoms with Crippen LogP contribution in [-0.2, 0) is 0 Å². The molecule has 0 aromatic carbocycles. The number of hydrogen-bond donors (Lipinski definition) is 1. The van der Waals surface area contributed by atoms with Gasteiger partial charge >= 0.3 is 0 Å². The molecule has 0 aliphatic rings.